The van der Waals surface area contributed by atoms with Crippen molar-refractivity contribution in [2.24, 2.45) is 5.73 Å². The lowest BCUT2D eigenvalue weighted by molar-refractivity contribution is 0.340. The molecular weight excluding hydrogens is 298 g/mol. The molecule has 2 aromatic carbocycles. The number of rotatable bonds is 3. The Hall–Kier alpha value is -2.60. The van der Waals surface area contributed by atoms with E-state index in [4.69, 9.17) is 22.7 Å². The molecule has 4 N–H and O–H groups in total. The maximum absolute atomic E-state index is 12.6. The highest BCUT2D eigenvalue weighted by atomic mass is 32.1. The third kappa shape index (κ3) is 2.60. The van der Waals surface area contributed by atoms with Crippen LogP contribution in [0.15, 0.2) is 41.2 Å². The van der Waals surface area contributed by atoms with Crippen LogP contribution in [0.1, 0.15) is 6.92 Å². The maximum Gasteiger partial charge on any atom is 0.197 e. The average Bonchev–Trinajstić information content (AvgIpc) is 2.47. The van der Waals surface area contributed by atoms with Crippen molar-refractivity contribution in [2.75, 3.05) is 11.9 Å². The van der Waals surface area contributed by atoms with Gasteiger partial charge in [-0.1, -0.05) is 0 Å². The topological polar surface area (TPSA) is 80.1 Å². The van der Waals surface area contributed by atoms with E-state index in [1.807, 2.05) is 25.1 Å². The fraction of sp³-hybridized carbons (Fsp3) is 0.125. The van der Waals surface area contributed by atoms with E-state index in [2.05, 4.69) is 10.3 Å². The smallest absolute Gasteiger partial charge is 0.197 e. The minimum Gasteiger partial charge on any atom is -0.494 e. The summed E-state index contributed by atoms with van der Waals surface area (Å²) in [5.74, 6) is 0.687. The van der Waals surface area contributed by atoms with Crippen molar-refractivity contribution >= 4 is 44.8 Å². The van der Waals surface area contributed by atoms with E-state index in [1.54, 1.807) is 18.2 Å². The summed E-state index contributed by atoms with van der Waals surface area (Å²) in [6.45, 7) is 2.47. The molecule has 22 heavy (non-hydrogen) atoms. The second kappa shape index (κ2) is 5.65. The molecule has 0 aliphatic rings. The summed E-state index contributed by atoms with van der Waals surface area (Å²) in [5.41, 5.74) is 7.65. The normalized spacial score (nSPS) is 10.8. The summed E-state index contributed by atoms with van der Waals surface area (Å²) in [6, 6.07) is 10.8. The summed E-state index contributed by atoms with van der Waals surface area (Å²) in [5, 5.41) is 4.25. The lowest BCUT2D eigenvalue weighted by atomic mass is 10.1. The predicted molar refractivity (Wildman–Crippen MR) is 93.7 cm³/mol. The molecule has 0 atom stereocenters. The summed E-state index contributed by atoms with van der Waals surface area (Å²) < 4.78 is 5.45. The standard InChI is InChI=1S/C16H15N3O2S/c1-2-21-10-4-6-13-12(8-10)15(20)11-5-3-9(18-16(17)22)7-14(11)19-13/h3-8H,2H2,1H3,(H,19,20)(H3,17,18,22). The molecule has 0 saturated heterocycles. The van der Waals surface area contributed by atoms with Crippen molar-refractivity contribution in [3.05, 3.63) is 46.6 Å². The van der Waals surface area contributed by atoms with Crippen LogP contribution < -0.4 is 21.2 Å². The van der Waals surface area contributed by atoms with Crippen molar-refractivity contribution in [2.45, 2.75) is 6.92 Å². The zero-order valence-corrected chi connectivity index (χ0v) is 12.8. The molecule has 0 fully saturated rings. The van der Waals surface area contributed by atoms with E-state index in [0.717, 1.165) is 16.7 Å². The Balaban J connectivity index is 2.22. The zero-order valence-electron chi connectivity index (χ0n) is 12.0. The van der Waals surface area contributed by atoms with Gasteiger partial charge in [0.05, 0.1) is 17.6 Å². The van der Waals surface area contributed by atoms with Crippen LogP contribution in [-0.4, -0.2) is 16.7 Å². The number of aromatic nitrogens is 1. The van der Waals surface area contributed by atoms with Crippen LogP contribution in [0.5, 0.6) is 5.75 Å². The van der Waals surface area contributed by atoms with Crippen molar-refractivity contribution in [3.8, 4) is 5.75 Å². The second-order valence-electron chi connectivity index (χ2n) is 4.84. The van der Waals surface area contributed by atoms with Gasteiger partial charge in [0.25, 0.3) is 0 Å². The third-order valence-corrected chi connectivity index (χ3v) is 3.45. The Morgan fingerprint density at radius 1 is 1.23 bits per heavy atom. The molecule has 0 bridgehead atoms. The molecule has 0 saturated carbocycles. The molecule has 1 aromatic heterocycles. The number of aromatic amines is 1. The highest BCUT2D eigenvalue weighted by Gasteiger charge is 2.07. The molecular formula is C16H15N3O2S. The molecule has 0 radical (unpaired) electrons. The van der Waals surface area contributed by atoms with Gasteiger partial charge >= 0.3 is 0 Å². The van der Waals surface area contributed by atoms with E-state index in [1.165, 1.54) is 0 Å². The van der Waals surface area contributed by atoms with Crippen LogP contribution in [0.4, 0.5) is 5.69 Å². The molecule has 1 heterocycles. The number of hydrogen-bond acceptors (Lipinski definition) is 3. The number of nitrogens with two attached hydrogens (primary N) is 1. The molecule has 6 heteroatoms. The number of thiocarbonyl (C=S) groups is 1. The number of anilines is 1. The maximum atomic E-state index is 12.6. The summed E-state index contributed by atoms with van der Waals surface area (Å²) in [4.78, 5) is 15.9. The number of nitrogens with one attached hydrogen (secondary N) is 2. The quantitative estimate of drug-likeness (QED) is 0.512. The lowest BCUT2D eigenvalue weighted by Crippen LogP contribution is -2.18. The largest absolute Gasteiger partial charge is 0.494 e. The number of ether oxygens (including phenoxy) is 1. The number of H-pyrrole nitrogens is 1. The SMILES string of the molecule is CCOc1ccc2[nH]c3cc(NC(N)=S)ccc3c(=O)c2c1. The molecule has 0 aliphatic heterocycles. The van der Waals surface area contributed by atoms with Crippen LogP contribution in [0.2, 0.25) is 0 Å². The van der Waals surface area contributed by atoms with Crippen molar-refractivity contribution in [1.82, 2.24) is 4.98 Å². The molecule has 5 nitrogen and oxygen atoms in total. The molecule has 0 aliphatic carbocycles. The molecule has 112 valence electrons. The Morgan fingerprint density at radius 3 is 2.77 bits per heavy atom. The number of hydrogen-bond donors (Lipinski definition) is 3. The van der Waals surface area contributed by atoms with Crippen LogP contribution >= 0.6 is 12.2 Å². The van der Waals surface area contributed by atoms with Gasteiger partial charge in [-0.15, -0.1) is 0 Å². The predicted octanol–water partition coefficient (Wildman–Crippen LogP) is 2.74. The highest BCUT2D eigenvalue weighted by Crippen LogP contribution is 2.22. The first-order chi connectivity index (χ1) is 10.6. The number of pyridine rings is 1. The van der Waals surface area contributed by atoms with Gasteiger partial charge in [0, 0.05) is 16.5 Å². The van der Waals surface area contributed by atoms with E-state index >= 15 is 0 Å². The molecule has 0 amide bonds. The second-order valence-corrected chi connectivity index (χ2v) is 5.28. The summed E-state index contributed by atoms with van der Waals surface area (Å²) in [7, 11) is 0. The first-order valence-corrected chi connectivity index (χ1v) is 7.28. The molecule has 0 unspecified atom stereocenters. The number of fused-ring (bicyclic) bond motifs is 2. The minimum absolute atomic E-state index is 0.0350. The lowest BCUT2D eigenvalue weighted by Gasteiger charge is -2.08. The van der Waals surface area contributed by atoms with E-state index in [9.17, 15) is 4.79 Å². The Morgan fingerprint density at radius 2 is 2.05 bits per heavy atom. The van der Waals surface area contributed by atoms with Gasteiger partial charge in [0.1, 0.15) is 5.75 Å². The van der Waals surface area contributed by atoms with Crippen LogP contribution in [0.25, 0.3) is 21.8 Å². The molecule has 3 aromatic rings. The Kier molecular flexibility index (Phi) is 3.68. The first-order valence-electron chi connectivity index (χ1n) is 6.87. The van der Waals surface area contributed by atoms with E-state index in [0.29, 0.717) is 23.1 Å². The summed E-state index contributed by atoms with van der Waals surface area (Å²) >= 11 is 4.82. The van der Waals surface area contributed by atoms with Gasteiger partial charge in [-0.3, -0.25) is 4.79 Å². The Bertz CT molecular complexity index is 934. The zero-order chi connectivity index (χ0) is 15.7. The monoisotopic (exact) mass is 313 g/mol. The van der Waals surface area contributed by atoms with Crippen molar-refractivity contribution < 1.29 is 4.74 Å². The van der Waals surface area contributed by atoms with Crippen LogP contribution in [0.3, 0.4) is 0 Å². The van der Waals surface area contributed by atoms with Gasteiger partial charge in [-0.2, -0.15) is 0 Å². The van der Waals surface area contributed by atoms with Gasteiger partial charge in [0.15, 0.2) is 10.5 Å². The summed E-state index contributed by atoms with van der Waals surface area (Å²) in [6.07, 6.45) is 0. The van der Waals surface area contributed by atoms with Gasteiger partial charge in [-0.05, 0) is 55.5 Å². The fourth-order valence-electron chi connectivity index (χ4n) is 2.43. The van der Waals surface area contributed by atoms with Crippen molar-refractivity contribution in [1.29, 1.82) is 0 Å². The van der Waals surface area contributed by atoms with Crippen LogP contribution in [0, 0.1) is 0 Å². The van der Waals surface area contributed by atoms with Gasteiger partial charge < -0.3 is 20.8 Å². The third-order valence-electron chi connectivity index (χ3n) is 3.35. The number of benzene rings is 2. The highest BCUT2D eigenvalue weighted by molar-refractivity contribution is 7.80. The van der Waals surface area contributed by atoms with Gasteiger partial charge in [0.2, 0.25) is 0 Å². The van der Waals surface area contributed by atoms with E-state index < -0.39 is 0 Å². The fourth-order valence-corrected chi connectivity index (χ4v) is 2.55. The van der Waals surface area contributed by atoms with Gasteiger partial charge in [-0.25, -0.2) is 0 Å². The molecule has 3 rings (SSSR count). The van der Waals surface area contributed by atoms with Crippen molar-refractivity contribution in [3.63, 3.8) is 0 Å². The first kappa shape index (κ1) is 14.3. The molecule has 0 spiro atoms. The van der Waals surface area contributed by atoms with E-state index in [-0.39, 0.29) is 10.5 Å². The van der Waals surface area contributed by atoms with Crippen LogP contribution in [-0.2, 0) is 0 Å². The Labute approximate surface area is 132 Å². The average molecular weight is 313 g/mol. The minimum atomic E-state index is -0.0350.